The van der Waals surface area contributed by atoms with Crippen LogP contribution in [0.15, 0.2) is 0 Å². The van der Waals surface area contributed by atoms with Crippen LogP contribution in [0.2, 0.25) is 0 Å². The Morgan fingerprint density at radius 1 is 1.12 bits per heavy atom. The molecule has 0 amide bonds. The van der Waals surface area contributed by atoms with Gasteiger partial charge in [0.15, 0.2) is 0 Å². The Balaban J connectivity index is 1.62. The number of aliphatic hydroxyl groups excluding tert-OH is 1. The maximum Gasteiger partial charge on any atom is 0.146 e. The first-order valence-corrected chi connectivity index (χ1v) is 9.61. The Hall–Kier alpha value is -1.02. The first-order valence-electron chi connectivity index (χ1n) is 9.61. The summed E-state index contributed by atoms with van der Waals surface area (Å²) in [6.07, 6.45) is 3.94. The minimum Gasteiger partial charge on any atom is -0.393 e. The summed E-state index contributed by atoms with van der Waals surface area (Å²) in [5.41, 5.74) is 6.04. The summed E-state index contributed by atoms with van der Waals surface area (Å²) in [6.45, 7) is 9.94. The van der Waals surface area contributed by atoms with Crippen LogP contribution in [0.5, 0.6) is 0 Å². The lowest BCUT2D eigenvalue weighted by Gasteiger charge is -2.36. The SMILES string of the molecule is Cn1c(CN2CCC(O)CC2)nnc1C1CCCN(CC(C)(C)N)C1. The molecule has 2 aliphatic rings. The Bertz CT molecular complexity index is 558. The van der Waals surface area contributed by atoms with E-state index in [1.165, 1.54) is 12.8 Å². The number of hydrogen-bond acceptors (Lipinski definition) is 6. The third-order valence-electron chi connectivity index (χ3n) is 5.42. The van der Waals surface area contributed by atoms with Crippen molar-refractivity contribution in [3.05, 3.63) is 11.6 Å². The minimum absolute atomic E-state index is 0.133. The Kier molecular flexibility index (Phi) is 5.78. The monoisotopic (exact) mass is 350 g/mol. The largest absolute Gasteiger partial charge is 0.393 e. The topological polar surface area (TPSA) is 83.4 Å². The van der Waals surface area contributed by atoms with Crippen LogP contribution in [0.1, 0.15) is 57.1 Å². The predicted molar refractivity (Wildman–Crippen MR) is 98.2 cm³/mol. The molecule has 2 fully saturated rings. The van der Waals surface area contributed by atoms with Crippen molar-refractivity contribution in [2.75, 3.05) is 32.7 Å². The molecule has 3 heterocycles. The first kappa shape index (κ1) is 18.8. The average molecular weight is 351 g/mol. The molecule has 142 valence electrons. The highest BCUT2D eigenvalue weighted by atomic mass is 16.3. The third kappa shape index (κ3) is 5.00. The summed E-state index contributed by atoms with van der Waals surface area (Å²) in [5.74, 6) is 2.57. The van der Waals surface area contributed by atoms with Crippen LogP contribution in [-0.4, -0.2) is 74.0 Å². The number of likely N-dealkylation sites (tertiary alicyclic amines) is 2. The number of aliphatic hydroxyl groups is 1. The van der Waals surface area contributed by atoms with Crippen molar-refractivity contribution < 1.29 is 5.11 Å². The van der Waals surface area contributed by atoms with Gasteiger partial charge >= 0.3 is 0 Å². The maximum atomic E-state index is 9.65. The van der Waals surface area contributed by atoms with E-state index >= 15 is 0 Å². The van der Waals surface area contributed by atoms with E-state index in [1.54, 1.807) is 0 Å². The summed E-state index contributed by atoms with van der Waals surface area (Å²) in [7, 11) is 2.09. The molecule has 3 N–H and O–H groups in total. The Morgan fingerprint density at radius 3 is 2.52 bits per heavy atom. The zero-order chi connectivity index (χ0) is 18.0. The predicted octanol–water partition coefficient (Wildman–Crippen LogP) is 0.689. The van der Waals surface area contributed by atoms with Crippen molar-refractivity contribution in [1.29, 1.82) is 0 Å². The Morgan fingerprint density at radius 2 is 1.84 bits per heavy atom. The molecule has 1 aromatic heterocycles. The summed E-state index contributed by atoms with van der Waals surface area (Å²) in [6, 6.07) is 0. The highest BCUT2D eigenvalue weighted by Crippen LogP contribution is 2.26. The van der Waals surface area contributed by atoms with Gasteiger partial charge in [0.05, 0.1) is 12.6 Å². The van der Waals surface area contributed by atoms with Gasteiger partial charge in [-0.25, -0.2) is 0 Å². The van der Waals surface area contributed by atoms with Crippen LogP contribution in [0.25, 0.3) is 0 Å². The molecule has 2 aliphatic heterocycles. The first-order chi connectivity index (χ1) is 11.8. The molecule has 0 aromatic carbocycles. The van der Waals surface area contributed by atoms with Crippen LogP contribution in [0.3, 0.4) is 0 Å². The summed E-state index contributed by atoms with van der Waals surface area (Å²) < 4.78 is 2.19. The lowest BCUT2D eigenvalue weighted by Crippen LogP contribution is -2.48. The van der Waals surface area contributed by atoms with Crippen molar-refractivity contribution in [3.63, 3.8) is 0 Å². The fourth-order valence-electron chi connectivity index (χ4n) is 4.13. The quantitative estimate of drug-likeness (QED) is 0.813. The molecule has 25 heavy (non-hydrogen) atoms. The number of piperidine rings is 2. The number of hydrogen-bond donors (Lipinski definition) is 2. The van der Waals surface area contributed by atoms with E-state index in [9.17, 15) is 5.11 Å². The molecule has 1 atom stereocenters. The lowest BCUT2D eigenvalue weighted by molar-refractivity contribution is 0.0775. The highest BCUT2D eigenvalue weighted by Gasteiger charge is 2.28. The van der Waals surface area contributed by atoms with Gasteiger partial charge in [-0.2, -0.15) is 0 Å². The van der Waals surface area contributed by atoms with Gasteiger partial charge in [-0.1, -0.05) is 0 Å². The van der Waals surface area contributed by atoms with Crippen molar-refractivity contribution in [2.45, 2.75) is 63.6 Å². The summed E-state index contributed by atoms with van der Waals surface area (Å²) in [4.78, 5) is 4.83. The molecular formula is C18H34N6O. The fourth-order valence-corrected chi connectivity index (χ4v) is 4.13. The van der Waals surface area contributed by atoms with Gasteiger partial charge in [-0.15, -0.1) is 10.2 Å². The standard InChI is InChI=1S/C18H34N6O/c1-18(2,19)13-24-8-4-5-14(11-24)17-21-20-16(22(17)3)12-23-9-6-15(25)7-10-23/h14-15,25H,4-13,19H2,1-3H3. The molecule has 7 nitrogen and oxygen atoms in total. The summed E-state index contributed by atoms with van der Waals surface area (Å²) in [5, 5.41) is 18.7. The maximum absolute atomic E-state index is 9.65. The third-order valence-corrected chi connectivity index (χ3v) is 5.42. The zero-order valence-corrected chi connectivity index (χ0v) is 16.0. The second-order valence-electron chi connectivity index (χ2n) is 8.60. The van der Waals surface area contributed by atoms with Gasteiger partial charge in [0.25, 0.3) is 0 Å². The van der Waals surface area contributed by atoms with E-state index in [0.717, 1.165) is 63.8 Å². The van der Waals surface area contributed by atoms with Gasteiger partial charge in [-0.05, 0) is 46.1 Å². The molecule has 0 spiro atoms. The van der Waals surface area contributed by atoms with Gasteiger partial charge in [0.1, 0.15) is 11.6 Å². The summed E-state index contributed by atoms with van der Waals surface area (Å²) >= 11 is 0. The number of rotatable bonds is 5. The highest BCUT2D eigenvalue weighted by molar-refractivity contribution is 5.04. The minimum atomic E-state index is -0.161. The van der Waals surface area contributed by atoms with Crippen LogP contribution in [0, 0.1) is 0 Å². The molecule has 2 saturated heterocycles. The fraction of sp³-hybridized carbons (Fsp3) is 0.889. The molecule has 0 saturated carbocycles. The Labute approximate surface area is 151 Å². The van der Waals surface area contributed by atoms with E-state index in [-0.39, 0.29) is 11.6 Å². The van der Waals surface area contributed by atoms with Crippen molar-refractivity contribution >= 4 is 0 Å². The van der Waals surface area contributed by atoms with E-state index in [2.05, 4.69) is 45.5 Å². The second-order valence-corrected chi connectivity index (χ2v) is 8.60. The van der Waals surface area contributed by atoms with Crippen LogP contribution in [-0.2, 0) is 13.6 Å². The molecule has 0 bridgehead atoms. The molecule has 1 aromatic rings. The smallest absolute Gasteiger partial charge is 0.146 e. The average Bonchev–Trinajstić information content (AvgIpc) is 2.89. The second kappa shape index (κ2) is 7.70. The van der Waals surface area contributed by atoms with Crippen molar-refractivity contribution in [2.24, 2.45) is 12.8 Å². The van der Waals surface area contributed by atoms with Crippen LogP contribution in [0.4, 0.5) is 0 Å². The van der Waals surface area contributed by atoms with Crippen LogP contribution < -0.4 is 5.73 Å². The van der Waals surface area contributed by atoms with E-state index in [1.807, 2.05) is 0 Å². The van der Waals surface area contributed by atoms with E-state index in [0.29, 0.717) is 5.92 Å². The molecule has 0 radical (unpaired) electrons. The molecule has 7 heteroatoms. The number of aromatic nitrogens is 3. The van der Waals surface area contributed by atoms with Crippen molar-refractivity contribution in [1.82, 2.24) is 24.6 Å². The van der Waals surface area contributed by atoms with Crippen molar-refractivity contribution in [3.8, 4) is 0 Å². The zero-order valence-electron chi connectivity index (χ0n) is 16.0. The van der Waals surface area contributed by atoms with Gasteiger partial charge < -0.3 is 20.3 Å². The van der Waals surface area contributed by atoms with Crippen LogP contribution >= 0.6 is 0 Å². The lowest BCUT2D eigenvalue weighted by atomic mass is 9.95. The van der Waals surface area contributed by atoms with Gasteiger partial charge in [0, 0.05) is 44.7 Å². The number of nitrogens with zero attached hydrogens (tertiary/aromatic N) is 5. The van der Waals surface area contributed by atoms with Gasteiger partial charge in [-0.3, -0.25) is 4.90 Å². The molecule has 1 unspecified atom stereocenters. The molecular weight excluding hydrogens is 316 g/mol. The van der Waals surface area contributed by atoms with E-state index in [4.69, 9.17) is 5.73 Å². The molecule has 3 rings (SSSR count). The molecule has 0 aliphatic carbocycles. The number of nitrogens with two attached hydrogens (primary N) is 1. The normalized spacial score (nSPS) is 24.8. The van der Waals surface area contributed by atoms with Gasteiger partial charge in [0.2, 0.25) is 0 Å². The van der Waals surface area contributed by atoms with E-state index < -0.39 is 0 Å².